The fraction of sp³-hybridized carbons (Fsp3) is 0.867. The van der Waals surface area contributed by atoms with Crippen LogP contribution in [0.4, 0.5) is 4.79 Å². The largest absolute Gasteiger partial charge is 0.481 e. The highest BCUT2D eigenvalue weighted by molar-refractivity contribution is 5.72. The van der Waals surface area contributed by atoms with E-state index in [0.717, 1.165) is 0 Å². The topological polar surface area (TPSA) is 94.5 Å². The molecule has 1 fully saturated rings. The number of amides is 1. The minimum absolute atomic E-state index is 0.162. The third-order valence-corrected chi connectivity index (χ3v) is 3.15. The van der Waals surface area contributed by atoms with Crippen molar-refractivity contribution in [3.05, 3.63) is 0 Å². The molecule has 0 aromatic heterocycles. The van der Waals surface area contributed by atoms with Gasteiger partial charge in [0.05, 0.1) is 45.9 Å². The van der Waals surface area contributed by atoms with Crippen LogP contribution < -0.4 is 0 Å². The molecular formula is C15H27NO7. The number of methoxy groups -OCH3 is 1. The highest BCUT2D eigenvalue weighted by Crippen LogP contribution is 2.30. The first-order valence-corrected chi connectivity index (χ1v) is 7.58. The Kier molecular flexibility index (Phi) is 7.24. The van der Waals surface area contributed by atoms with Gasteiger partial charge in [0.15, 0.2) is 0 Å². The number of carboxylic acids is 1. The number of rotatable bonds is 9. The van der Waals surface area contributed by atoms with Crippen molar-refractivity contribution in [2.24, 2.45) is 0 Å². The molecule has 0 aromatic carbocycles. The van der Waals surface area contributed by atoms with E-state index < -0.39 is 23.3 Å². The summed E-state index contributed by atoms with van der Waals surface area (Å²) < 4.78 is 21.1. The van der Waals surface area contributed by atoms with E-state index in [0.29, 0.717) is 19.8 Å². The van der Waals surface area contributed by atoms with E-state index in [-0.39, 0.29) is 26.1 Å². The van der Waals surface area contributed by atoms with Gasteiger partial charge in [0.2, 0.25) is 0 Å². The van der Waals surface area contributed by atoms with Crippen LogP contribution in [0, 0.1) is 0 Å². The van der Waals surface area contributed by atoms with Gasteiger partial charge in [-0.05, 0) is 20.8 Å². The van der Waals surface area contributed by atoms with Gasteiger partial charge in [-0.15, -0.1) is 0 Å². The van der Waals surface area contributed by atoms with Gasteiger partial charge in [-0.2, -0.15) is 0 Å². The smallest absolute Gasteiger partial charge is 0.410 e. The van der Waals surface area contributed by atoms with Crippen molar-refractivity contribution in [1.29, 1.82) is 0 Å². The van der Waals surface area contributed by atoms with Crippen molar-refractivity contribution in [3.8, 4) is 0 Å². The Bertz CT molecular complexity index is 399. The molecule has 0 aromatic rings. The molecule has 0 bridgehead atoms. The lowest BCUT2D eigenvalue weighted by Gasteiger charge is -2.48. The van der Waals surface area contributed by atoms with Crippen LogP contribution in [-0.2, 0) is 23.7 Å². The molecule has 0 radical (unpaired) electrons. The van der Waals surface area contributed by atoms with E-state index in [1.165, 1.54) is 4.90 Å². The summed E-state index contributed by atoms with van der Waals surface area (Å²) in [5.41, 5.74) is -1.45. The van der Waals surface area contributed by atoms with Crippen LogP contribution in [0.1, 0.15) is 27.2 Å². The van der Waals surface area contributed by atoms with Crippen molar-refractivity contribution in [2.45, 2.75) is 38.4 Å². The molecule has 0 saturated carbocycles. The summed E-state index contributed by atoms with van der Waals surface area (Å²) in [4.78, 5) is 24.4. The van der Waals surface area contributed by atoms with E-state index in [1.54, 1.807) is 27.9 Å². The van der Waals surface area contributed by atoms with Crippen LogP contribution >= 0.6 is 0 Å². The lowest BCUT2D eigenvalue weighted by Crippen LogP contribution is -2.66. The maximum absolute atomic E-state index is 11.9. The second kappa shape index (κ2) is 8.47. The quantitative estimate of drug-likeness (QED) is 0.632. The molecule has 0 atom stereocenters. The SMILES string of the molecule is COCCOCCOC1(CC(=O)O)CN(C(=O)OC(C)(C)C)C1. The Morgan fingerprint density at radius 3 is 2.26 bits per heavy atom. The van der Waals surface area contributed by atoms with Crippen LogP contribution in [0.3, 0.4) is 0 Å². The molecule has 8 heteroatoms. The molecule has 0 aliphatic carbocycles. The molecule has 1 aliphatic rings. The molecular weight excluding hydrogens is 306 g/mol. The predicted molar refractivity (Wildman–Crippen MR) is 81.4 cm³/mol. The normalized spacial score (nSPS) is 16.8. The molecule has 0 spiro atoms. The van der Waals surface area contributed by atoms with Gasteiger partial charge in [-0.25, -0.2) is 4.79 Å². The first-order valence-electron chi connectivity index (χ1n) is 7.58. The standard InChI is InChI=1S/C15H27NO7/c1-14(2,3)23-13(19)16-10-15(11-16,9-12(17)18)22-8-7-21-6-5-20-4/h5-11H2,1-4H3,(H,17,18). The van der Waals surface area contributed by atoms with E-state index >= 15 is 0 Å². The number of carbonyl (C=O) groups is 2. The number of hydrogen-bond donors (Lipinski definition) is 1. The summed E-state index contributed by atoms with van der Waals surface area (Å²) in [6.07, 6.45) is -0.622. The zero-order valence-electron chi connectivity index (χ0n) is 14.3. The zero-order chi connectivity index (χ0) is 17.5. The fourth-order valence-corrected chi connectivity index (χ4v) is 2.20. The summed E-state index contributed by atoms with van der Waals surface area (Å²) in [5.74, 6) is -0.964. The van der Waals surface area contributed by atoms with Crippen LogP contribution in [0.15, 0.2) is 0 Å². The molecule has 1 amide bonds. The minimum atomic E-state index is -0.964. The highest BCUT2D eigenvalue weighted by Gasteiger charge is 2.49. The lowest BCUT2D eigenvalue weighted by molar-refractivity contribution is -0.170. The number of carboxylic acid groups (broad SMARTS) is 1. The average Bonchev–Trinajstić information content (AvgIpc) is 2.36. The Hall–Kier alpha value is -1.38. The van der Waals surface area contributed by atoms with Gasteiger partial charge in [0, 0.05) is 7.11 Å². The number of ether oxygens (including phenoxy) is 4. The first-order chi connectivity index (χ1) is 10.7. The maximum Gasteiger partial charge on any atom is 0.410 e. The van der Waals surface area contributed by atoms with Gasteiger partial charge in [-0.3, -0.25) is 4.79 Å². The van der Waals surface area contributed by atoms with Crippen LogP contribution in [0.25, 0.3) is 0 Å². The number of carbonyl (C=O) groups excluding carboxylic acids is 1. The van der Waals surface area contributed by atoms with Gasteiger partial charge >= 0.3 is 12.1 Å². The summed E-state index contributed by atoms with van der Waals surface area (Å²) in [6, 6.07) is 0. The van der Waals surface area contributed by atoms with E-state index in [1.807, 2.05) is 0 Å². The van der Waals surface area contributed by atoms with Gasteiger partial charge in [0.25, 0.3) is 0 Å². The van der Waals surface area contributed by atoms with Crippen LogP contribution in [0.5, 0.6) is 0 Å². The Morgan fingerprint density at radius 2 is 1.74 bits per heavy atom. The average molecular weight is 333 g/mol. The second-order valence-electron chi connectivity index (χ2n) is 6.54. The third-order valence-electron chi connectivity index (χ3n) is 3.15. The molecule has 1 heterocycles. The highest BCUT2D eigenvalue weighted by atomic mass is 16.6. The molecule has 1 rings (SSSR count). The van der Waals surface area contributed by atoms with Crippen LogP contribution in [-0.4, -0.2) is 79.9 Å². The number of hydrogen-bond acceptors (Lipinski definition) is 6. The van der Waals surface area contributed by atoms with Crippen molar-refractivity contribution in [3.63, 3.8) is 0 Å². The maximum atomic E-state index is 11.9. The molecule has 23 heavy (non-hydrogen) atoms. The van der Waals surface area contributed by atoms with E-state index in [4.69, 9.17) is 24.1 Å². The summed E-state index contributed by atoms with van der Waals surface area (Å²) in [7, 11) is 1.58. The Labute approximate surface area is 136 Å². The second-order valence-corrected chi connectivity index (χ2v) is 6.54. The van der Waals surface area contributed by atoms with E-state index in [9.17, 15) is 9.59 Å². The molecule has 8 nitrogen and oxygen atoms in total. The molecule has 1 saturated heterocycles. The van der Waals surface area contributed by atoms with Gasteiger partial charge in [-0.1, -0.05) is 0 Å². The van der Waals surface area contributed by atoms with Crippen molar-refractivity contribution >= 4 is 12.1 Å². The molecule has 0 unspecified atom stereocenters. The Balaban J connectivity index is 2.40. The summed E-state index contributed by atoms with van der Waals surface area (Å²) in [5, 5.41) is 9.04. The van der Waals surface area contributed by atoms with Crippen molar-refractivity contribution in [2.75, 3.05) is 46.6 Å². The molecule has 1 N–H and O–H groups in total. The summed E-state index contributed by atoms with van der Waals surface area (Å²) in [6.45, 7) is 7.30. The number of likely N-dealkylation sites (tertiary alicyclic amines) is 1. The van der Waals surface area contributed by atoms with Crippen molar-refractivity contribution in [1.82, 2.24) is 4.90 Å². The number of aliphatic carboxylic acids is 1. The Morgan fingerprint density at radius 1 is 1.13 bits per heavy atom. The number of nitrogens with zero attached hydrogens (tertiary/aromatic N) is 1. The summed E-state index contributed by atoms with van der Waals surface area (Å²) >= 11 is 0. The van der Waals surface area contributed by atoms with Crippen LogP contribution in [0.2, 0.25) is 0 Å². The monoisotopic (exact) mass is 333 g/mol. The fourth-order valence-electron chi connectivity index (χ4n) is 2.20. The molecule has 1 aliphatic heterocycles. The molecule has 134 valence electrons. The van der Waals surface area contributed by atoms with Crippen molar-refractivity contribution < 1.29 is 33.6 Å². The van der Waals surface area contributed by atoms with Gasteiger partial charge in [0.1, 0.15) is 11.2 Å². The zero-order valence-corrected chi connectivity index (χ0v) is 14.3. The first kappa shape index (κ1) is 19.7. The third kappa shape index (κ3) is 7.15. The van der Waals surface area contributed by atoms with Gasteiger partial charge < -0.3 is 29.0 Å². The predicted octanol–water partition coefficient (Wildman–Crippen LogP) is 1.13. The minimum Gasteiger partial charge on any atom is -0.481 e. The lowest BCUT2D eigenvalue weighted by atomic mass is 9.90. The van der Waals surface area contributed by atoms with E-state index in [2.05, 4.69) is 0 Å².